The number of aliphatic carboxylic acids is 1. The number of aromatic nitrogens is 1. The first kappa shape index (κ1) is 20.4. The maximum absolute atomic E-state index is 13.1. The zero-order chi connectivity index (χ0) is 20.8. The van der Waals surface area contributed by atoms with Crippen LogP contribution in [0.25, 0.3) is 17.0 Å². The van der Waals surface area contributed by atoms with Gasteiger partial charge in [0.05, 0.1) is 12.1 Å². The van der Waals surface area contributed by atoms with Gasteiger partial charge in [0, 0.05) is 29.3 Å². The molecular weight excluding hydrogens is 370 g/mol. The minimum atomic E-state index is -1.02. The maximum Gasteiger partial charge on any atom is 0.328 e. The van der Waals surface area contributed by atoms with Crippen LogP contribution in [-0.4, -0.2) is 41.4 Å². The predicted molar refractivity (Wildman–Crippen MR) is 112 cm³/mol. The number of nitrogens with zero attached hydrogens (tertiary/aromatic N) is 1. The van der Waals surface area contributed by atoms with E-state index in [1.807, 2.05) is 38.1 Å². The summed E-state index contributed by atoms with van der Waals surface area (Å²) in [6.45, 7) is 5.40. The van der Waals surface area contributed by atoms with Gasteiger partial charge < -0.3 is 14.6 Å². The molecule has 0 amide bonds. The highest BCUT2D eigenvalue weighted by Gasteiger charge is 2.16. The van der Waals surface area contributed by atoms with Crippen molar-refractivity contribution in [2.45, 2.75) is 13.8 Å². The summed E-state index contributed by atoms with van der Waals surface area (Å²) in [6, 6.07) is 14.4. The Hall–Kier alpha value is -3.38. The van der Waals surface area contributed by atoms with Gasteiger partial charge in [-0.1, -0.05) is 12.1 Å². The van der Waals surface area contributed by atoms with Crippen LogP contribution in [0.15, 0.2) is 54.6 Å². The number of hydrogen-bond donors (Lipinski definition) is 1. The lowest BCUT2D eigenvalue weighted by Crippen LogP contribution is -2.13. The van der Waals surface area contributed by atoms with Crippen molar-refractivity contribution < 1.29 is 24.2 Å². The standard InChI is InChI=1S/C23H23NO5/c1-3-28-13-14-29-19-10-7-18(8-11-19)23(27)24-16(2)15-20-17(9-12-22(25)26)5-4-6-21(20)24/h4-12,15H,3,13-14H2,1-2H3,(H,25,26)/b12-9+. The number of hydrogen-bond acceptors (Lipinski definition) is 4. The Labute approximate surface area is 169 Å². The number of carbonyl (C=O) groups excluding carboxylic acids is 1. The summed E-state index contributed by atoms with van der Waals surface area (Å²) in [5.74, 6) is -0.494. The molecule has 0 bridgehead atoms. The fourth-order valence-electron chi connectivity index (χ4n) is 3.15. The average molecular weight is 393 g/mol. The zero-order valence-corrected chi connectivity index (χ0v) is 16.4. The second kappa shape index (κ2) is 9.21. The van der Waals surface area contributed by atoms with Crippen LogP contribution >= 0.6 is 0 Å². The van der Waals surface area contributed by atoms with Crippen molar-refractivity contribution in [2.24, 2.45) is 0 Å². The summed E-state index contributed by atoms with van der Waals surface area (Å²) in [4.78, 5) is 24.0. The van der Waals surface area contributed by atoms with Crippen LogP contribution in [0.1, 0.15) is 28.5 Å². The van der Waals surface area contributed by atoms with Crippen LogP contribution in [-0.2, 0) is 9.53 Å². The van der Waals surface area contributed by atoms with E-state index in [-0.39, 0.29) is 5.91 Å². The molecular formula is C23H23NO5. The largest absolute Gasteiger partial charge is 0.491 e. The Morgan fingerprint density at radius 3 is 2.55 bits per heavy atom. The molecule has 0 spiro atoms. The molecule has 1 heterocycles. The van der Waals surface area contributed by atoms with Crippen molar-refractivity contribution in [1.29, 1.82) is 0 Å². The van der Waals surface area contributed by atoms with Crippen molar-refractivity contribution >= 4 is 28.9 Å². The lowest BCUT2D eigenvalue weighted by molar-refractivity contribution is -0.131. The Balaban J connectivity index is 1.86. The molecule has 0 aliphatic heterocycles. The summed E-state index contributed by atoms with van der Waals surface area (Å²) in [5.41, 5.74) is 2.79. The van der Waals surface area contributed by atoms with E-state index in [0.717, 1.165) is 28.2 Å². The molecule has 0 unspecified atom stereocenters. The summed E-state index contributed by atoms with van der Waals surface area (Å²) in [5, 5.41) is 9.71. The van der Waals surface area contributed by atoms with Gasteiger partial charge in [-0.15, -0.1) is 0 Å². The fourth-order valence-corrected chi connectivity index (χ4v) is 3.15. The number of aryl methyl sites for hydroxylation is 1. The first-order valence-corrected chi connectivity index (χ1v) is 9.38. The second-order valence-electron chi connectivity index (χ2n) is 6.45. The van der Waals surface area contributed by atoms with Crippen LogP contribution in [0.3, 0.4) is 0 Å². The number of carboxylic acids is 1. The number of carbonyl (C=O) groups is 2. The average Bonchev–Trinajstić information content (AvgIpc) is 3.06. The van der Waals surface area contributed by atoms with Crippen LogP contribution in [0, 0.1) is 6.92 Å². The Morgan fingerprint density at radius 1 is 1.10 bits per heavy atom. The van der Waals surface area contributed by atoms with Crippen molar-refractivity contribution in [3.63, 3.8) is 0 Å². The van der Waals surface area contributed by atoms with Crippen molar-refractivity contribution in [3.8, 4) is 5.75 Å². The number of ether oxygens (including phenoxy) is 2. The van der Waals surface area contributed by atoms with Crippen LogP contribution in [0.2, 0.25) is 0 Å². The minimum Gasteiger partial charge on any atom is -0.491 e. The van der Waals surface area contributed by atoms with Gasteiger partial charge in [-0.25, -0.2) is 4.79 Å². The fraction of sp³-hybridized carbons (Fsp3) is 0.217. The third-order valence-corrected chi connectivity index (χ3v) is 4.47. The van der Waals surface area contributed by atoms with E-state index < -0.39 is 5.97 Å². The molecule has 1 aromatic heterocycles. The molecule has 6 nitrogen and oxygen atoms in total. The topological polar surface area (TPSA) is 77.8 Å². The van der Waals surface area contributed by atoms with Gasteiger partial charge in [0.25, 0.3) is 5.91 Å². The molecule has 29 heavy (non-hydrogen) atoms. The van der Waals surface area contributed by atoms with Crippen LogP contribution in [0.4, 0.5) is 0 Å². The summed E-state index contributed by atoms with van der Waals surface area (Å²) in [6.07, 6.45) is 2.63. The number of fused-ring (bicyclic) bond motifs is 1. The quantitative estimate of drug-likeness (QED) is 0.459. The van der Waals surface area contributed by atoms with Crippen LogP contribution < -0.4 is 4.74 Å². The van der Waals surface area contributed by atoms with E-state index in [1.54, 1.807) is 28.8 Å². The number of benzene rings is 2. The smallest absolute Gasteiger partial charge is 0.328 e. The Kier molecular flexibility index (Phi) is 6.46. The molecule has 6 heteroatoms. The molecule has 0 saturated heterocycles. The van der Waals surface area contributed by atoms with Crippen molar-refractivity contribution in [2.75, 3.05) is 19.8 Å². The van der Waals surface area contributed by atoms with Gasteiger partial charge in [-0.05, 0) is 61.9 Å². The number of carboxylic acid groups (broad SMARTS) is 1. The van der Waals surface area contributed by atoms with E-state index in [2.05, 4.69) is 0 Å². The summed E-state index contributed by atoms with van der Waals surface area (Å²) >= 11 is 0. The Bertz CT molecular complexity index is 1050. The third-order valence-electron chi connectivity index (χ3n) is 4.47. The molecule has 0 aliphatic rings. The first-order valence-electron chi connectivity index (χ1n) is 9.38. The minimum absolute atomic E-state index is 0.155. The lowest BCUT2D eigenvalue weighted by atomic mass is 10.1. The highest BCUT2D eigenvalue weighted by molar-refractivity contribution is 6.05. The molecule has 0 aliphatic carbocycles. The Morgan fingerprint density at radius 2 is 1.86 bits per heavy atom. The molecule has 0 radical (unpaired) electrons. The predicted octanol–water partition coefficient (Wildman–Crippen LogP) is 4.15. The molecule has 150 valence electrons. The molecule has 0 atom stereocenters. The molecule has 1 N–H and O–H groups in total. The second-order valence-corrected chi connectivity index (χ2v) is 6.45. The molecule has 0 saturated carbocycles. The summed E-state index contributed by atoms with van der Waals surface area (Å²) < 4.78 is 12.5. The van der Waals surface area contributed by atoms with Gasteiger partial charge in [-0.2, -0.15) is 0 Å². The van der Waals surface area contributed by atoms with Gasteiger partial charge in [0.15, 0.2) is 0 Å². The highest BCUT2D eigenvalue weighted by atomic mass is 16.5. The van der Waals surface area contributed by atoms with E-state index in [9.17, 15) is 9.59 Å². The number of rotatable bonds is 8. The maximum atomic E-state index is 13.1. The first-order chi connectivity index (χ1) is 14.0. The van der Waals surface area contributed by atoms with Gasteiger partial charge >= 0.3 is 5.97 Å². The highest BCUT2D eigenvalue weighted by Crippen LogP contribution is 2.26. The van der Waals surface area contributed by atoms with Gasteiger partial charge in [0.1, 0.15) is 12.4 Å². The summed E-state index contributed by atoms with van der Waals surface area (Å²) in [7, 11) is 0. The van der Waals surface area contributed by atoms with E-state index in [0.29, 0.717) is 31.1 Å². The van der Waals surface area contributed by atoms with Crippen molar-refractivity contribution in [1.82, 2.24) is 4.57 Å². The zero-order valence-electron chi connectivity index (χ0n) is 16.4. The van der Waals surface area contributed by atoms with Crippen LogP contribution in [0.5, 0.6) is 5.75 Å². The molecule has 3 aromatic rings. The third kappa shape index (κ3) is 4.73. The lowest BCUT2D eigenvalue weighted by Gasteiger charge is -2.09. The SMILES string of the molecule is CCOCCOc1ccc(C(=O)n2c(C)cc3c(/C=C/C(=O)O)cccc32)cc1. The monoisotopic (exact) mass is 393 g/mol. The normalized spacial score (nSPS) is 11.2. The molecule has 0 fully saturated rings. The van der Waals surface area contributed by atoms with Crippen molar-refractivity contribution in [3.05, 3.63) is 71.4 Å². The molecule has 2 aromatic carbocycles. The van der Waals surface area contributed by atoms with E-state index in [1.165, 1.54) is 6.08 Å². The van der Waals surface area contributed by atoms with Gasteiger partial charge in [0.2, 0.25) is 0 Å². The van der Waals surface area contributed by atoms with Gasteiger partial charge in [-0.3, -0.25) is 9.36 Å². The molecule has 3 rings (SSSR count). The van der Waals surface area contributed by atoms with E-state index in [4.69, 9.17) is 14.6 Å². The van der Waals surface area contributed by atoms with E-state index >= 15 is 0 Å².